The zero-order valence-electron chi connectivity index (χ0n) is 11.3. The molecule has 2 amide bonds. The average Bonchev–Trinajstić information content (AvgIpc) is 2.35. The van der Waals surface area contributed by atoms with Crippen molar-refractivity contribution in [2.45, 2.75) is 27.2 Å². The molecule has 5 N–H and O–H groups in total. The van der Waals surface area contributed by atoms with Crippen molar-refractivity contribution in [2.24, 2.45) is 22.2 Å². The van der Waals surface area contributed by atoms with Gasteiger partial charge in [-0.05, 0) is 20.3 Å². The van der Waals surface area contributed by atoms with Gasteiger partial charge in [0.05, 0.1) is 11.3 Å². The number of rotatable bonds is 6. The Balaban J connectivity index is 4.54. The number of amides is 2. The molecule has 0 rings (SSSR count). The summed E-state index contributed by atoms with van der Waals surface area (Å²) in [6.45, 7) is 5.38. The first kappa shape index (κ1) is 16.2. The van der Waals surface area contributed by atoms with Crippen LogP contribution in [0.4, 0.5) is 0 Å². The first-order chi connectivity index (χ1) is 8.30. The number of carbonyl (C=O) groups excluding carboxylic acids is 2. The van der Waals surface area contributed by atoms with Crippen molar-refractivity contribution in [2.75, 3.05) is 13.6 Å². The van der Waals surface area contributed by atoms with E-state index in [0.717, 1.165) is 0 Å². The highest BCUT2D eigenvalue weighted by atomic mass is 16.4. The number of hydrogen-bond donors (Lipinski definition) is 4. The SMILES string of the molecule is CCC(C(=O)NCC(C)(C)C(=O)NC)C(N)=NO. The van der Waals surface area contributed by atoms with Crippen LogP contribution < -0.4 is 16.4 Å². The van der Waals surface area contributed by atoms with E-state index in [1.165, 1.54) is 7.05 Å². The molecule has 1 atom stereocenters. The van der Waals surface area contributed by atoms with Crippen LogP contribution in [0.1, 0.15) is 27.2 Å². The molecule has 7 nitrogen and oxygen atoms in total. The van der Waals surface area contributed by atoms with Gasteiger partial charge >= 0.3 is 0 Å². The van der Waals surface area contributed by atoms with Crippen LogP contribution >= 0.6 is 0 Å². The summed E-state index contributed by atoms with van der Waals surface area (Å²) in [6.07, 6.45) is 0.419. The van der Waals surface area contributed by atoms with Gasteiger partial charge in [0.2, 0.25) is 11.8 Å². The number of nitrogens with two attached hydrogens (primary N) is 1. The van der Waals surface area contributed by atoms with Crippen LogP contribution in [-0.4, -0.2) is 36.4 Å². The Kier molecular flexibility index (Phi) is 6.15. The molecule has 0 aromatic carbocycles. The summed E-state index contributed by atoms with van der Waals surface area (Å²) >= 11 is 0. The first-order valence-corrected chi connectivity index (χ1v) is 5.77. The van der Waals surface area contributed by atoms with Crippen LogP contribution in [0.15, 0.2) is 5.16 Å². The van der Waals surface area contributed by atoms with E-state index >= 15 is 0 Å². The molecule has 0 bridgehead atoms. The van der Waals surface area contributed by atoms with Crippen LogP contribution in [0.3, 0.4) is 0 Å². The van der Waals surface area contributed by atoms with E-state index < -0.39 is 11.3 Å². The van der Waals surface area contributed by atoms with Crippen LogP contribution in [0, 0.1) is 11.3 Å². The summed E-state index contributed by atoms with van der Waals surface area (Å²) in [4.78, 5) is 23.3. The molecular formula is C11H22N4O3. The monoisotopic (exact) mass is 258 g/mol. The fourth-order valence-corrected chi connectivity index (χ4v) is 1.45. The van der Waals surface area contributed by atoms with Crippen molar-refractivity contribution in [3.05, 3.63) is 0 Å². The largest absolute Gasteiger partial charge is 0.409 e. The van der Waals surface area contributed by atoms with Gasteiger partial charge in [-0.15, -0.1) is 0 Å². The smallest absolute Gasteiger partial charge is 0.230 e. The van der Waals surface area contributed by atoms with Crippen molar-refractivity contribution in [3.8, 4) is 0 Å². The lowest BCUT2D eigenvalue weighted by molar-refractivity contribution is -0.129. The summed E-state index contributed by atoms with van der Waals surface area (Å²) in [7, 11) is 1.54. The van der Waals surface area contributed by atoms with E-state index in [1.807, 2.05) is 0 Å². The second-order valence-electron chi connectivity index (χ2n) is 4.67. The highest BCUT2D eigenvalue weighted by Gasteiger charge is 2.29. The van der Waals surface area contributed by atoms with Crippen LogP contribution in [0.2, 0.25) is 0 Å². The molecule has 0 saturated heterocycles. The Labute approximate surface area is 107 Å². The third-order valence-corrected chi connectivity index (χ3v) is 2.74. The standard InChI is InChI=1S/C11H22N4O3/c1-5-7(8(12)15-18)9(16)14-6-11(2,3)10(17)13-4/h7,18H,5-6H2,1-4H3,(H2,12,15)(H,13,17)(H,14,16). The van der Waals surface area contributed by atoms with Crippen LogP contribution in [0.5, 0.6) is 0 Å². The van der Waals surface area contributed by atoms with Crippen LogP contribution in [0.25, 0.3) is 0 Å². The molecule has 0 heterocycles. The van der Waals surface area contributed by atoms with Gasteiger partial charge in [-0.1, -0.05) is 12.1 Å². The predicted octanol–water partition coefficient (Wildman–Crippen LogP) is -0.353. The van der Waals surface area contributed by atoms with Crippen LogP contribution in [-0.2, 0) is 9.59 Å². The number of nitrogens with one attached hydrogen (secondary N) is 2. The van der Waals surface area contributed by atoms with E-state index in [4.69, 9.17) is 10.9 Å². The molecule has 0 radical (unpaired) electrons. The minimum Gasteiger partial charge on any atom is -0.409 e. The topological polar surface area (TPSA) is 117 Å². The van der Waals surface area contributed by atoms with Crippen molar-refractivity contribution in [1.29, 1.82) is 0 Å². The second kappa shape index (κ2) is 6.83. The van der Waals surface area contributed by atoms with E-state index in [0.29, 0.717) is 6.42 Å². The molecular weight excluding hydrogens is 236 g/mol. The van der Waals surface area contributed by atoms with Crippen molar-refractivity contribution < 1.29 is 14.8 Å². The molecule has 104 valence electrons. The highest BCUT2D eigenvalue weighted by Crippen LogP contribution is 2.14. The summed E-state index contributed by atoms with van der Waals surface area (Å²) in [5.74, 6) is -1.34. The Bertz CT molecular complexity index is 339. The third kappa shape index (κ3) is 4.23. The average molecular weight is 258 g/mol. The maximum Gasteiger partial charge on any atom is 0.230 e. The predicted molar refractivity (Wildman–Crippen MR) is 68.0 cm³/mol. The minimum atomic E-state index is -0.714. The minimum absolute atomic E-state index is 0.132. The molecule has 0 aliphatic carbocycles. The van der Waals surface area contributed by atoms with Gasteiger partial charge < -0.3 is 21.6 Å². The van der Waals surface area contributed by atoms with Gasteiger partial charge in [0.15, 0.2) is 5.84 Å². The molecule has 0 spiro atoms. The Hall–Kier alpha value is -1.79. The molecule has 1 unspecified atom stereocenters. The van der Waals surface area contributed by atoms with E-state index in [1.54, 1.807) is 20.8 Å². The number of amidine groups is 1. The first-order valence-electron chi connectivity index (χ1n) is 5.77. The Morgan fingerprint density at radius 3 is 2.39 bits per heavy atom. The van der Waals surface area contributed by atoms with Gasteiger partial charge in [-0.25, -0.2) is 0 Å². The molecule has 0 aliphatic heterocycles. The fourth-order valence-electron chi connectivity index (χ4n) is 1.45. The summed E-state index contributed by atoms with van der Waals surface area (Å²) in [6, 6.07) is 0. The maximum atomic E-state index is 11.8. The van der Waals surface area contributed by atoms with Gasteiger partial charge in [0.25, 0.3) is 0 Å². The lowest BCUT2D eigenvalue weighted by Gasteiger charge is -2.24. The quantitative estimate of drug-likeness (QED) is 0.225. The Morgan fingerprint density at radius 1 is 1.44 bits per heavy atom. The van der Waals surface area contributed by atoms with Gasteiger partial charge in [0, 0.05) is 13.6 Å². The van der Waals surface area contributed by atoms with Crippen molar-refractivity contribution in [1.82, 2.24) is 10.6 Å². The zero-order chi connectivity index (χ0) is 14.3. The number of nitrogens with zero attached hydrogens (tertiary/aromatic N) is 1. The zero-order valence-corrected chi connectivity index (χ0v) is 11.3. The van der Waals surface area contributed by atoms with E-state index in [2.05, 4.69) is 15.8 Å². The number of hydrogen-bond acceptors (Lipinski definition) is 4. The van der Waals surface area contributed by atoms with Gasteiger partial charge in [0.1, 0.15) is 0 Å². The second-order valence-corrected chi connectivity index (χ2v) is 4.67. The molecule has 7 heteroatoms. The van der Waals surface area contributed by atoms with E-state index in [9.17, 15) is 9.59 Å². The summed E-state index contributed by atoms with van der Waals surface area (Å²) < 4.78 is 0. The molecule has 0 fully saturated rings. The fraction of sp³-hybridized carbons (Fsp3) is 0.727. The number of oxime groups is 1. The molecule has 0 saturated carbocycles. The molecule has 0 aromatic rings. The van der Waals surface area contributed by atoms with Gasteiger partial charge in [-0.2, -0.15) is 0 Å². The van der Waals surface area contributed by atoms with Crippen molar-refractivity contribution in [3.63, 3.8) is 0 Å². The maximum absolute atomic E-state index is 11.8. The normalized spacial score (nSPS) is 13.9. The molecule has 0 aliphatic rings. The molecule has 0 aromatic heterocycles. The summed E-state index contributed by atoms with van der Waals surface area (Å²) in [5.41, 5.74) is 4.70. The van der Waals surface area contributed by atoms with Gasteiger partial charge in [-0.3, -0.25) is 9.59 Å². The summed E-state index contributed by atoms with van der Waals surface area (Å²) in [5, 5.41) is 16.5. The lowest BCUT2D eigenvalue weighted by Crippen LogP contribution is -2.47. The highest BCUT2D eigenvalue weighted by molar-refractivity contribution is 6.02. The third-order valence-electron chi connectivity index (χ3n) is 2.74. The number of carbonyl (C=O) groups is 2. The lowest BCUT2D eigenvalue weighted by atomic mass is 9.92. The Morgan fingerprint density at radius 2 is 2.00 bits per heavy atom. The van der Waals surface area contributed by atoms with Crippen molar-refractivity contribution >= 4 is 17.6 Å². The molecule has 18 heavy (non-hydrogen) atoms. The van der Waals surface area contributed by atoms with E-state index in [-0.39, 0.29) is 24.2 Å².